The summed E-state index contributed by atoms with van der Waals surface area (Å²) in [6.45, 7) is 4.58. The molecule has 25 heavy (non-hydrogen) atoms. The van der Waals surface area contributed by atoms with Crippen molar-refractivity contribution in [1.29, 1.82) is 0 Å². The number of aliphatic imine (C=N–C) groups is 1. The fourth-order valence-corrected chi connectivity index (χ4v) is 2.91. The lowest BCUT2D eigenvalue weighted by Crippen LogP contribution is -2.08. The van der Waals surface area contributed by atoms with E-state index in [9.17, 15) is 4.79 Å². The quantitative estimate of drug-likeness (QED) is 0.689. The number of nitrogens with zero attached hydrogens (tertiary/aromatic N) is 5. The number of carbonyl (C=O) groups is 1. The molecule has 0 unspecified atom stereocenters. The summed E-state index contributed by atoms with van der Waals surface area (Å²) in [5, 5.41) is 8.04. The highest BCUT2D eigenvalue weighted by Crippen LogP contribution is 2.23. The third-order valence-electron chi connectivity index (χ3n) is 4.26. The molecule has 3 aromatic rings. The Morgan fingerprint density at radius 1 is 1.28 bits per heavy atom. The highest BCUT2D eigenvalue weighted by Gasteiger charge is 2.17. The largest absolute Gasteiger partial charge is 0.294 e. The van der Waals surface area contributed by atoms with Crippen molar-refractivity contribution in [3.63, 3.8) is 0 Å². The van der Waals surface area contributed by atoms with Gasteiger partial charge in [-0.1, -0.05) is 6.07 Å². The number of hydrogen-bond donors (Lipinski definition) is 0. The van der Waals surface area contributed by atoms with E-state index < -0.39 is 0 Å². The Hall–Kier alpha value is -3.15. The van der Waals surface area contributed by atoms with Crippen LogP contribution < -0.4 is 0 Å². The normalized spacial score (nSPS) is 13.8. The second kappa shape index (κ2) is 6.05. The molecule has 0 radical (unpaired) electrons. The van der Waals surface area contributed by atoms with Crippen LogP contribution in [0.3, 0.4) is 0 Å². The van der Waals surface area contributed by atoms with E-state index in [0.717, 1.165) is 28.1 Å². The molecule has 0 N–H and O–H groups in total. The Labute approximate surface area is 145 Å². The summed E-state index contributed by atoms with van der Waals surface area (Å²) in [4.78, 5) is 21.6. The predicted octanol–water partition coefficient (Wildman–Crippen LogP) is 2.72. The van der Waals surface area contributed by atoms with Crippen molar-refractivity contribution < 1.29 is 4.79 Å². The van der Waals surface area contributed by atoms with Gasteiger partial charge in [0.1, 0.15) is 6.33 Å². The first kappa shape index (κ1) is 15.4. The molecule has 4 heterocycles. The predicted molar refractivity (Wildman–Crippen MR) is 95.9 cm³/mol. The Morgan fingerprint density at radius 3 is 2.88 bits per heavy atom. The highest BCUT2D eigenvalue weighted by molar-refractivity contribution is 6.05. The first-order chi connectivity index (χ1) is 12.1. The molecule has 0 spiro atoms. The number of Topliss-reactive ketones (excluding diaryl/α,β-unsaturated/α-hetero) is 1. The van der Waals surface area contributed by atoms with Crippen molar-refractivity contribution in [3.05, 3.63) is 65.4 Å². The minimum atomic E-state index is -0.0209. The minimum absolute atomic E-state index is 0.0209. The fraction of sp³-hybridized carbons (Fsp3) is 0.211. The Kier molecular flexibility index (Phi) is 3.72. The van der Waals surface area contributed by atoms with Crippen LogP contribution in [0.4, 0.5) is 0 Å². The average Bonchev–Trinajstić information content (AvgIpc) is 3.24. The Morgan fingerprint density at radius 2 is 2.16 bits per heavy atom. The number of aromatic nitrogens is 4. The molecule has 4 rings (SSSR count). The molecule has 0 aromatic carbocycles. The van der Waals surface area contributed by atoms with Crippen molar-refractivity contribution in [2.75, 3.05) is 6.54 Å². The Bertz CT molecular complexity index is 1030. The second-order valence-electron chi connectivity index (χ2n) is 6.26. The van der Waals surface area contributed by atoms with Crippen LogP contribution in [0.2, 0.25) is 0 Å². The van der Waals surface area contributed by atoms with Gasteiger partial charge in [0, 0.05) is 23.8 Å². The van der Waals surface area contributed by atoms with Crippen molar-refractivity contribution in [3.8, 4) is 0 Å². The molecule has 1 aliphatic heterocycles. The fourth-order valence-electron chi connectivity index (χ4n) is 2.91. The number of allylic oxidation sites excluding steroid dienone is 1. The lowest BCUT2D eigenvalue weighted by atomic mass is 10.0. The zero-order valence-corrected chi connectivity index (χ0v) is 14.1. The van der Waals surface area contributed by atoms with Gasteiger partial charge < -0.3 is 0 Å². The second-order valence-corrected chi connectivity index (χ2v) is 6.26. The minimum Gasteiger partial charge on any atom is -0.294 e. The topological polar surface area (TPSA) is 72.5 Å². The first-order valence-corrected chi connectivity index (χ1v) is 8.10. The lowest BCUT2D eigenvalue weighted by Gasteiger charge is -2.08. The first-order valence-electron chi connectivity index (χ1n) is 8.10. The van der Waals surface area contributed by atoms with E-state index in [1.54, 1.807) is 16.9 Å². The number of ketones is 1. The molecule has 6 heteroatoms. The summed E-state index contributed by atoms with van der Waals surface area (Å²) in [5.41, 5.74) is 6.00. The number of aryl methyl sites for hydroxylation is 1. The van der Waals surface area contributed by atoms with Crippen LogP contribution in [-0.4, -0.2) is 37.6 Å². The van der Waals surface area contributed by atoms with E-state index in [2.05, 4.69) is 20.2 Å². The molecule has 0 aliphatic carbocycles. The van der Waals surface area contributed by atoms with Gasteiger partial charge in [-0.3, -0.25) is 19.2 Å². The molecule has 0 saturated carbocycles. The number of pyridine rings is 2. The van der Waals surface area contributed by atoms with E-state index in [-0.39, 0.29) is 12.2 Å². The van der Waals surface area contributed by atoms with E-state index in [1.807, 2.05) is 44.3 Å². The van der Waals surface area contributed by atoms with Gasteiger partial charge in [-0.2, -0.15) is 0 Å². The molecule has 6 nitrogen and oxygen atoms in total. The summed E-state index contributed by atoms with van der Waals surface area (Å²) in [7, 11) is 0. The molecule has 3 aromatic heterocycles. The van der Waals surface area contributed by atoms with Gasteiger partial charge in [0.2, 0.25) is 0 Å². The molecule has 0 saturated heterocycles. The number of rotatable bonds is 4. The average molecular weight is 331 g/mol. The summed E-state index contributed by atoms with van der Waals surface area (Å²) in [6.07, 6.45) is 7.61. The van der Waals surface area contributed by atoms with Crippen LogP contribution in [0, 0.1) is 6.92 Å². The zero-order valence-electron chi connectivity index (χ0n) is 14.1. The molecular formula is C19H17N5O. The molecule has 0 fully saturated rings. The van der Waals surface area contributed by atoms with Crippen LogP contribution in [0.15, 0.2) is 48.0 Å². The molecule has 124 valence electrons. The van der Waals surface area contributed by atoms with Crippen molar-refractivity contribution in [1.82, 2.24) is 19.6 Å². The number of hydrogen-bond acceptors (Lipinski definition) is 5. The van der Waals surface area contributed by atoms with Gasteiger partial charge in [0.15, 0.2) is 11.4 Å². The molecule has 1 aliphatic rings. The lowest BCUT2D eigenvalue weighted by molar-refractivity contribution is 0.0993. The van der Waals surface area contributed by atoms with Gasteiger partial charge in [0.25, 0.3) is 0 Å². The molecule has 0 atom stereocenters. The maximum atomic E-state index is 12.9. The van der Waals surface area contributed by atoms with Crippen LogP contribution in [0.5, 0.6) is 0 Å². The summed E-state index contributed by atoms with van der Waals surface area (Å²) in [6, 6.07) is 5.73. The summed E-state index contributed by atoms with van der Waals surface area (Å²) in [5.74, 6) is -0.0209. The van der Waals surface area contributed by atoms with E-state index in [4.69, 9.17) is 0 Å². The standard InChI is InChI=1S/C19H17N5O/c1-12-3-4-16(21-8-12)7-18(25)17-6-15(14-5-13(2)20-9-14)10-24-11-22-23-19(17)24/h3-6,8,10-11H,7,9H2,1-2H3. The third kappa shape index (κ3) is 2.98. The van der Waals surface area contributed by atoms with Gasteiger partial charge in [0.05, 0.1) is 18.5 Å². The van der Waals surface area contributed by atoms with Crippen LogP contribution >= 0.6 is 0 Å². The van der Waals surface area contributed by atoms with E-state index in [0.29, 0.717) is 17.8 Å². The molecular weight excluding hydrogens is 314 g/mol. The molecule has 0 bridgehead atoms. The smallest absolute Gasteiger partial charge is 0.172 e. The SMILES string of the molecule is CC1=NCC(c2cc(C(=O)Cc3ccc(C)cn3)c3nncn3c2)=C1. The third-order valence-corrected chi connectivity index (χ3v) is 4.26. The maximum Gasteiger partial charge on any atom is 0.172 e. The van der Waals surface area contributed by atoms with Crippen LogP contribution in [0.25, 0.3) is 11.2 Å². The van der Waals surface area contributed by atoms with Gasteiger partial charge >= 0.3 is 0 Å². The van der Waals surface area contributed by atoms with Gasteiger partial charge in [-0.15, -0.1) is 10.2 Å². The summed E-state index contributed by atoms with van der Waals surface area (Å²) < 4.78 is 1.79. The molecule has 0 amide bonds. The maximum absolute atomic E-state index is 12.9. The number of fused-ring (bicyclic) bond motifs is 1. The van der Waals surface area contributed by atoms with Crippen LogP contribution in [0.1, 0.15) is 34.1 Å². The van der Waals surface area contributed by atoms with Gasteiger partial charge in [-0.25, -0.2) is 0 Å². The van der Waals surface area contributed by atoms with Crippen molar-refractivity contribution >= 4 is 22.7 Å². The van der Waals surface area contributed by atoms with Crippen molar-refractivity contribution in [2.24, 2.45) is 4.99 Å². The summed E-state index contributed by atoms with van der Waals surface area (Å²) >= 11 is 0. The van der Waals surface area contributed by atoms with E-state index >= 15 is 0 Å². The highest BCUT2D eigenvalue weighted by atomic mass is 16.1. The Balaban J connectivity index is 1.72. The van der Waals surface area contributed by atoms with Gasteiger partial charge in [-0.05, 0) is 48.8 Å². The monoisotopic (exact) mass is 331 g/mol. The number of carbonyl (C=O) groups excluding carboxylic acids is 1. The van der Waals surface area contributed by atoms with Crippen molar-refractivity contribution in [2.45, 2.75) is 20.3 Å². The van der Waals surface area contributed by atoms with E-state index in [1.165, 1.54) is 0 Å². The van der Waals surface area contributed by atoms with Crippen LogP contribution in [-0.2, 0) is 6.42 Å². The zero-order chi connectivity index (χ0) is 17.4.